The van der Waals surface area contributed by atoms with E-state index in [1.54, 1.807) is 18.2 Å². The molecule has 0 fully saturated rings. The second kappa shape index (κ2) is 9.24. The van der Waals surface area contributed by atoms with Gasteiger partial charge in [-0.3, -0.25) is 4.79 Å². The van der Waals surface area contributed by atoms with E-state index in [4.69, 9.17) is 21.4 Å². The fraction of sp³-hybridized carbons (Fsp3) is 0.125. The molecule has 2 N–H and O–H groups in total. The summed E-state index contributed by atoms with van der Waals surface area (Å²) in [6.07, 6.45) is 0. The fourth-order valence-corrected chi connectivity index (χ4v) is 2.02. The first-order valence-corrected chi connectivity index (χ1v) is 7.01. The molecule has 2 aromatic carbocycles. The molecule has 0 radical (unpaired) electrons. The number of aliphatic carboxylic acids is 1. The van der Waals surface area contributed by atoms with Gasteiger partial charge in [0.2, 0.25) is 0 Å². The quantitative estimate of drug-likeness (QED) is 0.687. The fourth-order valence-electron chi connectivity index (χ4n) is 1.86. The lowest BCUT2D eigenvalue weighted by Crippen LogP contribution is -3.00. The van der Waals surface area contributed by atoms with E-state index in [1.165, 1.54) is 24.3 Å². The molecule has 2 aromatic rings. The summed E-state index contributed by atoms with van der Waals surface area (Å²) in [4.78, 5) is 22.8. The zero-order valence-corrected chi connectivity index (χ0v) is 14.6. The predicted octanol–water partition coefficient (Wildman–Crippen LogP) is -0.123. The number of amides is 1. The molecule has 0 atom stereocenters. The van der Waals surface area contributed by atoms with Crippen molar-refractivity contribution in [3.63, 3.8) is 0 Å². The normalized spacial score (nSPS) is 9.75. The van der Waals surface area contributed by atoms with Crippen LogP contribution in [0.2, 0.25) is 5.02 Å². The van der Waals surface area contributed by atoms with Crippen LogP contribution in [-0.4, -0.2) is 23.6 Å². The number of carbonyl (C=O) groups excluding carboxylic acids is 1. The van der Waals surface area contributed by atoms with Crippen LogP contribution >= 0.6 is 11.6 Å². The Morgan fingerprint density at radius 1 is 1.21 bits per heavy atom. The maximum atomic E-state index is 13.5. The third-order valence-electron chi connectivity index (χ3n) is 2.94. The number of hydrogen-bond acceptors (Lipinski definition) is 3. The Labute approximate surface area is 153 Å². The molecule has 5 nitrogen and oxygen atoms in total. The molecule has 2 rings (SSSR count). The largest absolute Gasteiger partial charge is 1.00 e. The summed E-state index contributed by atoms with van der Waals surface area (Å²) in [5.74, 6) is -2.08. The van der Waals surface area contributed by atoms with Crippen LogP contribution in [0.25, 0.3) is 0 Å². The molecule has 0 aliphatic carbocycles. The summed E-state index contributed by atoms with van der Waals surface area (Å²) in [5, 5.41) is 11.5. The van der Waals surface area contributed by atoms with Gasteiger partial charge in [0, 0.05) is 17.1 Å². The predicted molar refractivity (Wildman–Crippen MR) is 82.2 cm³/mol. The number of carbonyl (C=O) groups is 2. The van der Waals surface area contributed by atoms with Gasteiger partial charge >= 0.3 is 5.97 Å². The van der Waals surface area contributed by atoms with Gasteiger partial charge in [0.1, 0.15) is 11.6 Å². The molecule has 0 aliphatic heterocycles. The number of carboxylic acid groups (broad SMARTS) is 1. The van der Waals surface area contributed by atoms with Crippen molar-refractivity contribution in [1.29, 1.82) is 0 Å². The van der Waals surface area contributed by atoms with Gasteiger partial charge in [-0.2, -0.15) is 0 Å². The Kier molecular flexibility index (Phi) is 7.67. The molecular formula is C16H13BrClFNO4-. The van der Waals surface area contributed by atoms with E-state index in [0.717, 1.165) is 0 Å². The minimum atomic E-state index is -1.18. The average Bonchev–Trinajstić information content (AvgIpc) is 2.52. The van der Waals surface area contributed by atoms with Gasteiger partial charge in [-0.25, -0.2) is 9.18 Å². The van der Waals surface area contributed by atoms with Gasteiger partial charge in [0.05, 0.1) is 5.56 Å². The minimum absolute atomic E-state index is 0. The highest BCUT2D eigenvalue weighted by Gasteiger charge is 2.14. The molecule has 8 heteroatoms. The average molecular weight is 418 g/mol. The first-order valence-electron chi connectivity index (χ1n) is 6.63. The number of halogens is 3. The van der Waals surface area contributed by atoms with E-state index < -0.39 is 24.3 Å². The van der Waals surface area contributed by atoms with Gasteiger partial charge in [-0.15, -0.1) is 0 Å². The van der Waals surface area contributed by atoms with Crippen molar-refractivity contribution in [2.24, 2.45) is 0 Å². The standard InChI is InChI=1S/C16H13ClFNO4.BrH/c17-11-5-6-12(14(7-11)23-9-15(20)21)16(22)19-8-10-3-1-2-4-13(10)18;/h1-7H,8-9H2,(H,19,22)(H,20,21);1H/p-1. The van der Waals surface area contributed by atoms with Crippen LogP contribution in [0.3, 0.4) is 0 Å². The van der Waals surface area contributed by atoms with E-state index in [9.17, 15) is 14.0 Å². The highest BCUT2D eigenvalue weighted by atomic mass is 79.9. The molecule has 0 aromatic heterocycles. The van der Waals surface area contributed by atoms with E-state index in [2.05, 4.69) is 5.32 Å². The van der Waals surface area contributed by atoms with Crippen molar-refractivity contribution >= 4 is 23.5 Å². The molecule has 0 saturated heterocycles. The zero-order chi connectivity index (χ0) is 16.8. The van der Waals surface area contributed by atoms with Crippen molar-refractivity contribution in [1.82, 2.24) is 5.32 Å². The van der Waals surface area contributed by atoms with Crippen LogP contribution in [0, 0.1) is 5.82 Å². The number of hydrogen-bond donors (Lipinski definition) is 2. The third-order valence-corrected chi connectivity index (χ3v) is 3.17. The molecule has 0 saturated carbocycles. The second-order valence-corrected chi connectivity index (χ2v) is 5.03. The Hall–Kier alpha value is -2.12. The van der Waals surface area contributed by atoms with Crippen LogP contribution < -0.4 is 27.0 Å². The molecule has 0 unspecified atom stereocenters. The monoisotopic (exact) mass is 416 g/mol. The second-order valence-electron chi connectivity index (χ2n) is 4.60. The summed E-state index contributed by atoms with van der Waals surface area (Å²) >= 11 is 5.82. The Bertz CT molecular complexity index is 742. The van der Waals surface area contributed by atoms with E-state index in [0.29, 0.717) is 10.6 Å². The molecular weight excluding hydrogens is 405 g/mol. The first-order chi connectivity index (χ1) is 11.0. The topological polar surface area (TPSA) is 75.6 Å². The van der Waals surface area contributed by atoms with Crippen molar-refractivity contribution in [3.05, 3.63) is 64.4 Å². The summed E-state index contributed by atoms with van der Waals surface area (Å²) in [6.45, 7) is -0.611. The van der Waals surface area contributed by atoms with Gasteiger partial charge in [-0.05, 0) is 24.3 Å². The number of rotatable bonds is 6. The maximum Gasteiger partial charge on any atom is 0.341 e. The number of nitrogens with one attached hydrogen (secondary N) is 1. The van der Waals surface area contributed by atoms with Gasteiger partial charge < -0.3 is 32.1 Å². The SMILES string of the molecule is O=C(O)COc1cc(Cl)ccc1C(=O)NCc1ccccc1F.[Br-]. The van der Waals surface area contributed by atoms with Gasteiger partial charge in [-0.1, -0.05) is 29.8 Å². The molecule has 1 amide bonds. The third kappa shape index (κ3) is 5.50. The lowest BCUT2D eigenvalue weighted by atomic mass is 10.1. The molecule has 0 bridgehead atoms. The number of ether oxygens (including phenoxy) is 1. The maximum absolute atomic E-state index is 13.5. The summed E-state index contributed by atoms with van der Waals surface area (Å²) in [5.41, 5.74) is 0.454. The lowest BCUT2D eigenvalue weighted by Gasteiger charge is -2.11. The van der Waals surface area contributed by atoms with E-state index >= 15 is 0 Å². The van der Waals surface area contributed by atoms with Crippen molar-refractivity contribution in [2.75, 3.05) is 6.61 Å². The summed E-state index contributed by atoms with van der Waals surface area (Å²) in [7, 11) is 0. The van der Waals surface area contributed by atoms with E-state index in [1.807, 2.05) is 0 Å². The lowest BCUT2D eigenvalue weighted by molar-refractivity contribution is -0.139. The van der Waals surface area contributed by atoms with Crippen molar-refractivity contribution < 1.29 is 40.8 Å². The minimum Gasteiger partial charge on any atom is -1.00 e. The Morgan fingerprint density at radius 2 is 1.92 bits per heavy atom. The summed E-state index contributed by atoms with van der Waals surface area (Å²) in [6, 6.07) is 10.3. The van der Waals surface area contributed by atoms with Gasteiger partial charge in [0.25, 0.3) is 5.91 Å². The molecule has 0 heterocycles. The number of benzene rings is 2. The molecule has 0 spiro atoms. The van der Waals surface area contributed by atoms with Crippen molar-refractivity contribution in [2.45, 2.75) is 6.54 Å². The van der Waals surface area contributed by atoms with Crippen LogP contribution in [0.1, 0.15) is 15.9 Å². The Balaban J connectivity index is 0.00000288. The van der Waals surface area contributed by atoms with Crippen LogP contribution in [0.5, 0.6) is 5.75 Å². The molecule has 0 aliphatic rings. The van der Waals surface area contributed by atoms with Crippen LogP contribution in [0.15, 0.2) is 42.5 Å². The molecule has 128 valence electrons. The van der Waals surface area contributed by atoms with Crippen LogP contribution in [0.4, 0.5) is 4.39 Å². The van der Waals surface area contributed by atoms with Crippen LogP contribution in [-0.2, 0) is 11.3 Å². The smallest absolute Gasteiger partial charge is 0.341 e. The molecule has 24 heavy (non-hydrogen) atoms. The van der Waals surface area contributed by atoms with E-state index in [-0.39, 0.29) is 34.8 Å². The Morgan fingerprint density at radius 3 is 2.58 bits per heavy atom. The van der Waals surface area contributed by atoms with Gasteiger partial charge in [0.15, 0.2) is 6.61 Å². The zero-order valence-electron chi connectivity index (χ0n) is 12.3. The highest BCUT2D eigenvalue weighted by Crippen LogP contribution is 2.23. The van der Waals surface area contributed by atoms with Crippen molar-refractivity contribution in [3.8, 4) is 5.75 Å². The number of carboxylic acids is 1. The first kappa shape index (κ1) is 19.9. The summed E-state index contributed by atoms with van der Waals surface area (Å²) < 4.78 is 18.6. The highest BCUT2D eigenvalue weighted by molar-refractivity contribution is 6.30.